The predicted octanol–water partition coefficient (Wildman–Crippen LogP) is 0.228. The molecule has 13 heteroatoms. The van der Waals surface area contributed by atoms with Crippen LogP contribution in [0.25, 0.3) is 0 Å². The molecule has 2 atom stereocenters. The van der Waals surface area contributed by atoms with E-state index in [0.717, 1.165) is 5.56 Å². The Labute approximate surface area is 230 Å². The second kappa shape index (κ2) is 19.8. The van der Waals surface area contributed by atoms with Crippen LogP contribution in [-0.2, 0) is 35.1 Å². The van der Waals surface area contributed by atoms with E-state index in [-0.39, 0.29) is 32.1 Å². The molecule has 0 aliphatic rings. The molecule has 0 spiro atoms. The molecule has 220 valence electrons. The fourth-order valence-corrected chi connectivity index (χ4v) is 3.40. The summed E-state index contributed by atoms with van der Waals surface area (Å²) in [6.45, 7) is 7.88. The van der Waals surface area contributed by atoms with Gasteiger partial charge >= 0.3 is 6.03 Å². The summed E-state index contributed by atoms with van der Waals surface area (Å²) in [5.41, 5.74) is 12.2. The Hall–Kier alpha value is -3.26. The number of ether oxygens (including phenoxy) is 3. The number of nitrogens with two attached hydrogens (primary N) is 2. The van der Waals surface area contributed by atoms with Crippen molar-refractivity contribution >= 4 is 29.4 Å². The van der Waals surface area contributed by atoms with E-state index < -0.39 is 35.8 Å². The molecular weight excluding hydrogens is 508 g/mol. The van der Waals surface area contributed by atoms with Crippen LogP contribution in [0.2, 0.25) is 0 Å². The zero-order valence-corrected chi connectivity index (χ0v) is 23.1. The first-order chi connectivity index (χ1) is 18.7. The maximum atomic E-state index is 13.1. The first-order valence-corrected chi connectivity index (χ1v) is 13.1. The number of amides is 5. The third-order valence-corrected chi connectivity index (χ3v) is 5.51. The van der Waals surface area contributed by atoms with Crippen molar-refractivity contribution in [1.29, 1.82) is 0 Å². The highest BCUT2D eigenvalue weighted by atomic mass is 16.5. The average molecular weight is 553 g/mol. The van der Waals surface area contributed by atoms with Crippen LogP contribution >= 0.6 is 0 Å². The summed E-state index contributed by atoms with van der Waals surface area (Å²) in [5.74, 6) is -1.69. The molecule has 39 heavy (non-hydrogen) atoms. The monoisotopic (exact) mass is 552 g/mol. The van der Waals surface area contributed by atoms with E-state index in [4.69, 9.17) is 25.7 Å². The van der Waals surface area contributed by atoms with Gasteiger partial charge in [0.25, 0.3) is 0 Å². The summed E-state index contributed by atoms with van der Waals surface area (Å²) in [7, 11) is 0. The van der Waals surface area contributed by atoms with Crippen LogP contribution in [0.15, 0.2) is 24.3 Å². The topological polar surface area (TPSA) is 196 Å². The largest absolute Gasteiger partial charge is 0.379 e. The zero-order chi connectivity index (χ0) is 29.0. The third kappa shape index (κ3) is 15.1. The second-order valence-corrected chi connectivity index (χ2v) is 9.04. The number of carbonyl (C=O) groups excluding carboxylic acids is 4. The fraction of sp³-hybridized carbons (Fsp3) is 0.615. The summed E-state index contributed by atoms with van der Waals surface area (Å²) in [4.78, 5) is 49.6. The minimum absolute atomic E-state index is 0.214. The Morgan fingerprint density at radius 2 is 1.54 bits per heavy atom. The molecule has 1 aromatic rings. The molecule has 1 rings (SSSR count). The van der Waals surface area contributed by atoms with Crippen molar-refractivity contribution in [1.82, 2.24) is 16.0 Å². The standard InChI is InChI=1S/C26H44N6O7/c1-4-37-12-13-38-14-15-39-17-22(33)32-23(18(2)3)25(35)31-21(6-5-11-29-26(28)36)24(34)30-20-9-7-19(16-27)8-10-20/h7-10,18,21,23H,4-6,11-17,27H2,1-3H3,(H,30,34)(H,31,35)(H,32,33)(H3,28,29,36)/t21-,23-/m0/s1. The minimum atomic E-state index is -0.926. The summed E-state index contributed by atoms with van der Waals surface area (Å²) < 4.78 is 15.8. The van der Waals surface area contributed by atoms with Crippen LogP contribution < -0.4 is 32.7 Å². The van der Waals surface area contributed by atoms with E-state index in [9.17, 15) is 19.2 Å². The first-order valence-electron chi connectivity index (χ1n) is 13.1. The highest BCUT2D eigenvalue weighted by Crippen LogP contribution is 2.11. The normalized spacial score (nSPS) is 12.4. The van der Waals surface area contributed by atoms with Crippen molar-refractivity contribution in [3.05, 3.63) is 29.8 Å². The first kappa shape index (κ1) is 33.8. The molecular formula is C26H44N6O7. The molecule has 0 radical (unpaired) electrons. The van der Waals surface area contributed by atoms with Crippen molar-refractivity contribution in [3.8, 4) is 0 Å². The molecule has 0 aliphatic carbocycles. The van der Waals surface area contributed by atoms with Crippen molar-refractivity contribution in [2.45, 2.75) is 52.2 Å². The molecule has 0 aliphatic heterocycles. The highest BCUT2D eigenvalue weighted by molar-refractivity contribution is 5.98. The number of hydrogen-bond donors (Lipinski definition) is 6. The Balaban J connectivity index is 2.70. The SMILES string of the molecule is CCOCCOCCOCC(=O)N[C@H](C(=O)N[C@@H](CCCNC(N)=O)C(=O)Nc1ccc(CN)cc1)C(C)C. The van der Waals surface area contributed by atoms with Gasteiger partial charge in [-0.15, -0.1) is 0 Å². The van der Waals surface area contributed by atoms with Crippen molar-refractivity contribution in [2.75, 3.05) is 51.5 Å². The van der Waals surface area contributed by atoms with Crippen molar-refractivity contribution in [2.24, 2.45) is 17.4 Å². The second-order valence-electron chi connectivity index (χ2n) is 9.04. The van der Waals surface area contributed by atoms with Gasteiger partial charge in [0.2, 0.25) is 17.7 Å². The number of nitrogens with one attached hydrogen (secondary N) is 4. The maximum Gasteiger partial charge on any atom is 0.312 e. The zero-order valence-electron chi connectivity index (χ0n) is 23.1. The quantitative estimate of drug-likeness (QED) is 0.124. The lowest BCUT2D eigenvalue weighted by molar-refractivity contribution is -0.134. The van der Waals surface area contributed by atoms with E-state index in [2.05, 4.69) is 21.3 Å². The Kier molecular flexibility index (Phi) is 17.1. The lowest BCUT2D eigenvalue weighted by atomic mass is 10.0. The van der Waals surface area contributed by atoms with Gasteiger partial charge in [0.05, 0.1) is 26.4 Å². The smallest absolute Gasteiger partial charge is 0.312 e. The fourth-order valence-electron chi connectivity index (χ4n) is 3.40. The number of rotatable bonds is 20. The lowest BCUT2D eigenvalue weighted by Gasteiger charge is -2.25. The van der Waals surface area contributed by atoms with Gasteiger partial charge in [-0.25, -0.2) is 4.79 Å². The number of primary amides is 1. The Morgan fingerprint density at radius 1 is 0.897 bits per heavy atom. The number of benzene rings is 1. The van der Waals surface area contributed by atoms with Gasteiger partial charge in [0, 0.05) is 25.4 Å². The van der Waals surface area contributed by atoms with Gasteiger partial charge in [0.15, 0.2) is 0 Å². The summed E-state index contributed by atoms with van der Waals surface area (Å²) >= 11 is 0. The predicted molar refractivity (Wildman–Crippen MR) is 147 cm³/mol. The van der Waals surface area contributed by atoms with Crippen LogP contribution in [0.3, 0.4) is 0 Å². The van der Waals surface area contributed by atoms with Gasteiger partial charge in [-0.1, -0.05) is 26.0 Å². The molecule has 8 N–H and O–H groups in total. The molecule has 13 nitrogen and oxygen atoms in total. The molecule has 0 bridgehead atoms. The molecule has 0 unspecified atom stereocenters. The van der Waals surface area contributed by atoms with E-state index in [0.29, 0.717) is 45.1 Å². The number of hydrogen-bond acceptors (Lipinski definition) is 8. The van der Waals surface area contributed by atoms with Gasteiger partial charge < -0.3 is 46.9 Å². The number of carbonyl (C=O) groups is 4. The minimum Gasteiger partial charge on any atom is -0.379 e. The van der Waals surface area contributed by atoms with E-state index in [1.165, 1.54) is 0 Å². The van der Waals surface area contributed by atoms with Crippen molar-refractivity contribution in [3.63, 3.8) is 0 Å². The summed E-state index contributed by atoms with van der Waals surface area (Å²) in [6, 6.07) is 4.51. The molecule has 0 fully saturated rings. The van der Waals surface area contributed by atoms with Crippen LogP contribution in [0.4, 0.5) is 10.5 Å². The van der Waals surface area contributed by atoms with Crippen molar-refractivity contribution < 1.29 is 33.4 Å². The van der Waals surface area contributed by atoms with Crippen LogP contribution in [-0.4, -0.2) is 82.0 Å². The Bertz CT molecular complexity index is 882. The average Bonchev–Trinajstić information content (AvgIpc) is 2.90. The van der Waals surface area contributed by atoms with E-state index >= 15 is 0 Å². The van der Waals surface area contributed by atoms with Crippen LogP contribution in [0.5, 0.6) is 0 Å². The summed E-state index contributed by atoms with van der Waals surface area (Å²) in [6.07, 6.45) is 0.608. The number of anilines is 1. The molecule has 5 amide bonds. The Morgan fingerprint density at radius 3 is 2.13 bits per heavy atom. The van der Waals surface area contributed by atoms with Gasteiger partial charge in [-0.05, 0) is 43.4 Å². The van der Waals surface area contributed by atoms with Gasteiger partial charge in [-0.2, -0.15) is 0 Å². The molecule has 0 aromatic heterocycles. The lowest BCUT2D eigenvalue weighted by Crippen LogP contribution is -2.55. The molecule has 0 saturated heterocycles. The van der Waals surface area contributed by atoms with Gasteiger partial charge in [0.1, 0.15) is 18.7 Å². The number of urea groups is 1. The third-order valence-electron chi connectivity index (χ3n) is 5.51. The van der Waals surface area contributed by atoms with Gasteiger partial charge in [-0.3, -0.25) is 14.4 Å². The highest BCUT2D eigenvalue weighted by Gasteiger charge is 2.28. The molecule has 0 saturated carbocycles. The summed E-state index contributed by atoms with van der Waals surface area (Å²) in [5, 5.41) is 10.6. The maximum absolute atomic E-state index is 13.1. The van der Waals surface area contributed by atoms with E-state index in [1.807, 2.05) is 6.92 Å². The van der Waals surface area contributed by atoms with Crippen LogP contribution in [0.1, 0.15) is 39.2 Å². The molecule has 0 heterocycles. The molecule has 1 aromatic carbocycles. The van der Waals surface area contributed by atoms with E-state index in [1.54, 1.807) is 38.1 Å². The van der Waals surface area contributed by atoms with Crippen LogP contribution in [0, 0.1) is 5.92 Å².